The highest BCUT2D eigenvalue weighted by atomic mass is 19.3. The normalized spacial score (nSPS) is 11.6. The van der Waals surface area contributed by atoms with Crippen molar-refractivity contribution in [2.45, 2.75) is 19.6 Å². The second-order valence-electron chi connectivity index (χ2n) is 3.78. The highest BCUT2D eigenvalue weighted by molar-refractivity contribution is 5.98. The van der Waals surface area contributed by atoms with Gasteiger partial charge in [0.2, 0.25) is 0 Å². The van der Waals surface area contributed by atoms with Crippen LogP contribution in [0.5, 0.6) is 5.75 Å². The van der Waals surface area contributed by atoms with Gasteiger partial charge in [-0.05, 0) is 19.1 Å². The minimum atomic E-state index is -3.12. The van der Waals surface area contributed by atoms with E-state index in [1.54, 1.807) is 5.32 Å². The molecule has 3 amide bonds. The predicted molar refractivity (Wildman–Crippen MR) is 65.7 cm³/mol. The van der Waals surface area contributed by atoms with Gasteiger partial charge in [-0.15, -0.1) is 0 Å². The molecule has 3 N–H and O–H groups in total. The fourth-order valence-corrected chi connectivity index (χ4v) is 1.33. The van der Waals surface area contributed by atoms with Crippen molar-refractivity contribution in [1.29, 1.82) is 0 Å². The number of amides is 3. The van der Waals surface area contributed by atoms with Crippen molar-refractivity contribution in [1.82, 2.24) is 5.32 Å². The van der Waals surface area contributed by atoms with Crippen LogP contribution in [-0.4, -0.2) is 30.6 Å². The Hall–Kier alpha value is -2.71. The molecule has 9 heteroatoms. The van der Waals surface area contributed by atoms with Gasteiger partial charge in [0.25, 0.3) is 5.91 Å². The van der Waals surface area contributed by atoms with E-state index in [1.165, 1.54) is 25.1 Å². The molecule has 0 heterocycles. The number of hydrogen-bond donors (Lipinski definition) is 2. The molecule has 1 aromatic carbocycles. The smallest absolute Gasteiger partial charge is 0.387 e. The minimum absolute atomic E-state index is 0.281. The SMILES string of the molecule is C[C@@H](OC(=O)c1ccccc1OC(F)F)C(=O)NC(N)=O. The van der Waals surface area contributed by atoms with Gasteiger partial charge in [0.15, 0.2) is 6.10 Å². The standard InChI is InChI=1S/C12H12F2N2O5/c1-6(9(17)16-12(15)19)20-10(18)7-4-2-3-5-8(7)21-11(13)14/h2-6,11H,1H3,(H3,15,16,17,19)/t6-/m1/s1. The van der Waals surface area contributed by atoms with Gasteiger partial charge in [0.1, 0.15) is 11.3 Å². The fraction of sp³-hybridized carbons (Fsp3) is 0.250. The molecule has 0 unspecified atom stereocenters. The van der Waals surface area contributed by atoms with Crippen molar-refractivity contribution in [3.05, 3.63) is 29.8 Å². The van der Waals surface area contributed by atoms with Crippen LogP contribution >= 0.6 is 0 Å². The molecule has 0 saturated carbocycles. The van der Waals surface area contributed by atoms with Crippen molar-refractivity contribution in [3.63, 3.8) is 0 Å². The number of ether oxygens (including phenoxy) is 2. The Morgan fingerprint density at radius 3 is 2.43 bits per heavy atom. The van der Waals surface area contributed by atoms with Gasteiger partial charge in [-0.25, -0.2) is 9.59 Å². The molecular weight excluding hydrogens is 290 g/mol. The number of urea groups is 1. The maximum Gasteiger partial charge on any atom is 0.387 e. The third-order valence-electron chi connectivity index (χ3n) is 2.22. The van der Waals surface area contributed by atoms with E-state index in [0.29, 0.717) is 0 Å². The van der Waals surface area contributed by atoms with E-state index < -0.39 is 30.6 Å². The van der Waals surface area contributed by atoms with E-state index in [4.69, 9.17) is 10.5 Å². The largest absolute Gasteiger partial charge is 0.449 e. The maximum atomic E-state index is 12.2. The van der Waals surface area contributed by atoms with Gasteiger partial charge in [-0.3, -0.25) is 10.1 Å². The number of alkyl halides is 2. The number of halogens is 2. The number of benzene rings is 1. The van der Waals surface area contributed by atoms with Gasteiger partial charge < -0.3 is 15.2 Å². The first-order valence-corrected chi connectivity index (χ1v) is 5.66. The molecule has 7 nitrogen and oxygen atoms in total. The minimum Gasteiger partial charge on any atom is -0.449 e. The van der Waals surface area contributed by atoms with Gasteiger partial charge >= 0.3 is 18.6 Å². The molecule has 0 fully saturated rings. The number of nitrogens with two attached hydrogens (primary N) is 1. The van der Waals surface area contributed by atoms with Crippen molar-refractivity contribution >= 4 is 17.9 Å². The van der Waals surface area contributed by atoms with Crippen LogP contribution in [0.25, 0.3) is 0 Å². The summed E-state index contributed by atoms with van der Waals surface area (Å²) >= 11 is 0. The summed E-state index contributed by atoms with van der Waals surface area (Å²) in [6.45, 7) is -1.93. The lowest BCUT2D eigenvalue weighted by molar-refractivity contribution is -0.127. The molecule has 114 valence electrons. The summed E-state index contributed by atoms with van der Waals surface area (Å²) in [5.41, 5.74) is 4.46. The van der Waals surface area contributed by atoms with E-state index in [2.05, 4.69) is 4.74 Å². The molecule has 0 radical (unpaired) electrons. The van der Waals surface area contributed by atoms with Crippen LogP contribution in [0.2, 0.25) is 0 Å². The average Bonchev–Trinajstić information content (AvgIpc) is 2.37. The predicted octanol–water partition coefficient (Wildman–Crippen LogP) is 1.03. The molecule has 0 aliphatic carbocycles. The summed E-state index contributed by atoms with van der Waals surface area (Å²) in [4.78, 5) is 33.6. The molecule has 1 rings (SSSR count). The number of nitrogens with one attached hydrogen (secondary N) is 1. The number of para-hydroxylation sites is 1. The number of hydrogen-bond acceptors (Lipinski definition) is 5. The fourth-order valence-electron chi connectivity index (χ4n) is 1.33. The van der Waals surface area contributed by atoms with Crippen molar-refractivity contribution < 1.29 is 32.6 Å². The van der Waals surface area contributed by atoms with Crippen LogP contribution in [-0.2, 0) is 9.53 Å². The van der Waals surface area contributed by atoms with E-state index in [0.717, 1.165) is 6.07 Å². The number of carbonyl (C=O) groups excluding carboxylic acids is 3. The molecule has 0 aromatic heterocycles. The average molecular weight is 302 g/mol. The third-order valence-corrected chi connectivity index (χ3v) is 2.22. The second kappa shape index (κ2) is 7.17. The highest BCUT2D eigenvalue weighted by Crippen LogP contribution is 2.21. The zero-order chi connectivity index (χ0) is 16.0. The molecule has 0 aliphatic heterocycles. The number of imide groups is 1. The molecule has 21 heavy (non-hydrogen) atoms. The molecule has 1 atom stereocenters. The summed E-state index contributed by atoms with van der Waals surface area (Å²) < 4.78 is 33.3. The second-order valence-corrected chi connectivity index (χ2v) is 3.78. The Bertz CT molecular complexity index is 550. The first kappa shape index (κ1) is 16.3. The Morgan fingerprint density at radius 2 is 1.86 bits per heavy atom. The van der Waals surface area contributed by atoms with Crippen molar-refractivity contribution in [2.24, 2.45) is 5.73 Å². The van der Waals surface area contributed by atoms with Crippen LogP contribution in [0.4, 0.5) is 13.6 Å². The first-order chi connectivity index (χ1) is 9.81. The van der Waals surface area contributed by atoms with E-state index in [1.807, 2.05) is 0 Å². The molecule has 0 saturated heterocycles. The Kier molecular flexibility index (Phi) is 5.58. The lowest BCUT2D eigenvalue weighted by atomic mass is 10.2. The number of rotatable bonds is 5. The van der Waals surface area contributed by atoms with Gasteiger partial charge in [-0.2, -0.15) is 8.78 Å². The summed E-state index contributed by atoms with van der Waals surface area (Å²) in [6, 6.07) is 4.03. The molecule has 1 aromatic rings. The quantitative estimate of drug-likeness (QED) is 0.790. The maximum absolute atomic E-state index is 12.2. The zero-order valence-corrected chi connectivity index (χ0v) is 10.8. The molecule has 0 spiro atoms. The molecule has 0 aliphatic rings. The Morgan fingerprint density at radius 1 is 1.24 bits per heavy atom. The summed E-state index contributed by atoms with van der Waals surface area (Å²) in [6.07, 6.45) is -1.34. The lowest BCUT2D eigenvalue weighted by Gasteiger charge is -2.14. The molecule has 0 bridgehead atoms. The Labute approximate surface area is 118 Å². The summed E-state index contributed by atoms with van der Waals surface area (Å²) in [5.74, 6) is -2.39. The Balaban J connectivity index is 2.80. The first-order valence-electron chi connectivity index (χ1n) is 5.66. The van der Waals surface area contributed by atoms with Crippen LogP contribution in [0.3, 0.4) is 0 Å². The summed E-state index contributed by atoms with van der Waals surface area (Å²) in [7, 11) is 0. The molecular formula is C12H12F2N2O5. The third kappa shape index (κ3) is 5.05. The van der Waals surface area contributed by atoms with Crippen LogP contribution in [0.15, 0.2) is 24.3 Å². The van der Waals surface area contributed by atoms with Crippen LogP contribution in [0, 0.1) is 0 Å². The summed E-state index contributed by atoms with van der Waals surface area (Å²) in [5, 5.41) is 1.72. The van der Waals surface area contributed by atoms with Gasteiger partial charge in [0.05, 0.1) is 0 Å². The van der Waals surface area contributed by atoms with Crippen LogP contribution in [0.1, 0.15) is 17.3 Å². The number of esters is 1. The van der Waals surface area contributed by atoms with Crippen molar-refractivity contribution in [3.8, 4) is 5.75 Å². The topological polar surface area (TPSA) is 108 Å². The van der Waals surface area contributed by atoms with Gasteiger partial charge in [0, 0.05) is 0 Å². The van der Waals surface area contributed by atoms with Crippen LogP contribution < -0.4 is 15.8 Å². The number of carbonyl (C=O) groups is 3. The monoisotopic (exact) mass is 302 g/mol. The van der Waals surface area contributed by atoms with E-state index in [-0.39, 0.29) is 11.3 Å². The zero-order valence-electron chi connectivity index (χ0n) is 10.8. The van der Waals surface area contributed by atoms with E-state index >= 15 is 0 Å². The van der Waals surface area contributed by atoms with Crippen molar-refractivity contribution in [2.75, 3.05) is 0 Å². The lowest BCUT2D eigenvalue weighted by Crippen LogP contribution is -2.42. The highest BCUT2D eigenvalue weighted by Gasteiger charge is 2.22. The number of primary amides is 1. The van der Waals surface area contributed by atoms with Gasteiger partial charge in [-0.1, -0.05) is 12.1 Å². The van der Waals surface area contributed by atoms with E-state index in [9.17, 15) is 23.2 Å².